The number of aryl methyl sites for hydroxylation is 1. The van der Waals surface area contributed by atoms with E-state index in [0.29, 0.717) is 19.5 Å². The number of rotatable bonds is 3. The van der Waals surface area contributed by atoms with Gasteiger partial charge in [-0.3, -0.25) is 9.69 Å². The fourth-order valence-electron chi connectivity index (χ4n) is 2.99. The molecule has 0 aromatic heterocycles. The molecule has 0 bridgehead atoms. The summed E-state index contributed by atoms with van der Waals surface area (Å²) in [5.41, 5.74) is 4.80. The molecule has 1 heterocycles. The second-order valence-electron chi connectivity index (χ2n) is 5.66. The number of hydrogen-bond acceptors (Lipinski definition) is 2. The molecule has 0 radical (unpaired) electrons. The van der Waals surface area contributed by atoms with Gasteiger partial charge in [-0.1, -0.05) is 48.5 Å². The van der Waals surface area contributed by atoms with Crippen LogP contribution in [0.15, 0.2) is 48.5 Å². The molecule has 0 fully saturated rings. The van der Waals surface area contributed by atoms with Crippen molar-refractivity contribution in [2.24, 2.45) is 0 Å². The van der Waals surface area contributed by atoms with Gasteiger partial charge >= 0.3 is 5.97 Å². The van der Waals surface area contributed by atoms with E-state index in [4.69, 9.17) is 0 Å². The van der Waals surface area contributed by atoms with Crippen molar-refractivity contribution < 1.29 is 9.90 Å². The highest BCUT2D eigenvalue weighted by Crippen LogP contribution is 2.25. The molecule has 0 spiro atoms. The van der Waals surface area contributed by atoms with Crippen LogP contribution in [0.25, 0.3) is 0 Å². The molecule has 108 valence electrons. The molecular weight excluding hydrogens is 262 g/mol. The molecule has 2 aromatic rings. The van der Waals surface area contributed by atoms with E-state index in [-0.39, 0.29) is 0 Å². The first-order valence-electron chi connectivity index (χ1n) is 7.23. The smallest absolute Gasteiger partial charge is 0.321 e. The normalized spacial score (nSPS) is 18.2. The van der Waals surface area contributed by atoms with Crippen LogP contribution in [0.3, 0.4) is 0 Å². The zero-order valence-electron chi connectivity index (χ0n) is 12.1. The molecule has 0 unspecified atom stereocenters. The number of carboxylic acid groups (broad SMARTS) is 1. The molecule has 3 rings (SSSR count). The number of fused-ring (bicyclic) bond motifs is 1. The molecule has 1 aliphatic rings. The number of hydrogen-bond donors (Lipinski definition) is 1. The van der Waals surface area contributed by atoms with Gasteiger partial charge in [0, 0.05) is 13.1 Å². The predicted octanol–water partition coefficient (Wildman–Crippen LogP) is 3.01. The van der Waals surface area contributed by atoms with Crippen LogP contribution in [0.1, 0.15) is 22.3 Å². The van der Waals surface area contributed by atoms with Gasteiger partial charge in [0.15, 0.2) is 0 Å². The molecule has 3 nitrogen and oxygen atoms in total. The average Bonchev–Trinajstić information content (AvgIpc) is 2.48. The van der Waals surface area contributed by atoms with Crippen molar-refractivity contribution in [1.29, 1.82) is 0 Å². The van der Waals surface area contributed by atoms with Crippen LogP contribution < -0.4 is 0 Å². The van der Waals surface area contributed by atoms with E-state index in [9.17, 15) is 9.90 Å². The summed E-state index contributed by atoms with van der Waals surface area (Å²) in [7, 11) is 0. The second kappa shape index (κ2) is 5.70. The van der Waals surface area contributed by atoms with Gasteiger partial charge in [-0.15, -0.1) is 0 Å². The lowest BCUT2D eigenvalue weighted by Gasteiger charge is -2.34. The topological polar surface area (TPSA) is 40.5 Å². The van der Waals surface area contributed by atoms with Gasteiger partial charge in [-0.2, -0.15) is 0 Å². The van der Waals surface area contributed by atoms with E-state index in [2.05, 4.69) is 30.0 Å². The summed E-state index contributed by atoms with van der Waals surface area (Å²) in [5, 5.41) is 9.54. The van der Waals surface area contributed by atoms with Crippen LogP contribution in [0.2, 0.25) is 0 Å². The third-order valence-corrected chi connectivity index (χ3v) is 4.27. The van der Waals surface area contributed by atoms with E-state index in [1.807, 2.05) is 30.3 Å². The maximum atomic E-state index is 11.6. The van der Waals surface area contributed by atoms with E-state index in [0.717, 1.165) is 5.56 Å². The van der Waals surface area contributed by atoms with Gasteiger partial charge in [0.2, 0.25) is 0 Å². The van der Waals surface area contributed by atoms with Gasteiger partial charge in [-0.05, 0) is 35.6 Å². The number of nitrogens with zero attached hydrogens (tertiary/aromatic N) is 1. The Morgan fingerprint density at radius 3 is 2.52 bits per heavy atom. The summed E-state index contributed by atoms with van der Waals surface area (Å²) in [6.07, 6.45) is 0.581. The third-order valence-electron chi connectivity index (χ3n) is 4.27. The highest BCUT2D eigenvalue weighted by atomic mass is 16.4. The molecule has 1 aliphatic heterocycles. The third kappa shape index (κ3) is 2.83. The lowest BCUT2D eigenvalue weighted by molar-refractivity contribution is -0.144. The van der Waals surface area contributed by atoms with E-state index in [1.54, 1.807) is 0 Å². The Morgan fingerprint density at radius 1 is 1.14 bits per heavy atom. The minimum Gasteiger partial charge on any atom is -0.480 e. The van der Waals surface area contributed by atoms with E-state index < -0.39 is 12.0 Å². The van der Waals surface area contributed by atoms with Crippen LogP contribution in [0, 0.1) is 6.92 Å². The molecule has 2 aromatic carbocycles. The maximum Gasteiger partial charge on any atom is 0.321 e. The summed E-state index contributed by atoms with van der Waals surface area (Å²) in [4.78, 5) is 13.7. The van der Waals surface area contributed by atoms with Gasteiger partial charge < -0.3 is 5.11 Å². The number of aliphatic carboxylic acids is 1. The fourth-order valence-corrected chi connectivity index (χ4v) is 2.99. The zero-order chi connectivity index (χ0) is 14.8. The monoisotopic (exact) mass is 281 g/mol. The molecule has 0 saturated heterocycles. The summed E-state index contributed by atoms with van der Waals surface area (Å²) >= 11 is 0. The van der Waals surface area contributed by atoms with Crippen LogP contribution in [0.5, 0.6) is 0 Å². The van der Waals surface area contributed by atoms with E-state index >= 15 is 0 Å². The molecule has 0 aliphatic carbocycles. The minimum atomic E-state index is -0.738. The molecule has 1 atom stereocenters. The zero-order valence-corrected chi connectivity index (χ0v) is 12.1. The molecule has 0 amide bonds. The number of carboxylic acids is 1. The van der Waals surface area contributed by atoms with Crippen molar-refractivity contribution in [3.8, 4) is 0 Å². The standard InChI is InChI=1S/C18H19NO2/c1-13-6-2-3-8-15(13)11-19-12-16-9-5-4-7-14(16)10-17(19)18(20)21/h2-9,17H,10-12H2,1H3,(H,20,21)/t17-/m0/s1. The van der Waals surface area contributed by atoms with Gasteiger partial charge in [-0.25, -0.2) is 0 Å². The minimum absolute atomic E-state index is 0.445. The Kier molecular flexibility index (Phi) is 3.76. The first-order chi connectivity index (χ1) is 10.1. The average molecular weight is 281 g/mol. The van der Waals surface area contributed by atoms with Crippen molar-refractivity contribution in [3.05, 3.63) is 70.8 Å². The van der Waals surface area contributed by atoms with Crippen LogP contribution >= 0.6 is 0 Å². The quantitative estimate of drug-likeness (QED) is 0.940. The van der Waals surface area contributed by atoms with E-state index in [1.165, 1.54) is 16.7 Å². The highest BCUT2D eigenvalue weighted by Gasteiger charge is 2.31. The predicted molar refractivity (Wildman–Crippen MR) is 82.0 cm³/mol. The Hall–Kier alpha value is -2.13. The van der Waals surface area contributed by atoms with Crippen molar-refractivity contribution in [2.45, 2.75) is 32.5 Å². The Bertz CT molecular complexity index is 666. The lowest BCUT2D eigenvalue weighted by atomic mass is 9.93. The first-order valence-corrected chi connectivity index (χ1v) is 7.23. The van der Waals surface area contributed by atoms with Gasteiger partial charge in [0.1, 0.15) is 6.04 Å². The van der Waals surface area contributed by atoms with Crippen molar-refractivity contribution in [2.75, 3.05) is 0 Å². The Balaban J connectivity index is 1.89. The summed E-state index contributed by atoms with van der Waals surface area (Å²) in [6.45, 7) is 3.45. The molecule has 3 heteroatoms. The fraction of sp³-hybridized carbons (Fsp3) is 0.278. The van der Waals surface area contributed by atoms with Crippen molar-refractivity contribution in [1.82, 2.24) is 4.90 Å². The van der Waals surface area contributed by atoms with Crippen LogP contribution in [-0.4, -0.2) is 22.0 Å². The SMILES string of the molecule is Cc1ccccc1CN1Cc2ccccc2C[C@H]1C(=O)O. The largest absolute Gasteiger partial charge is 0.480 e. The summed E-state index contributed by atoms with van der Waals surface area (Å²) in [6, 6.07) is 15.9. The Labute approximate surface area is 124 Å². The molecule has 0 saturated carbocycles. The van der Waals surface area contributed by atoms with Gasteiger partial charge in [0.05, 0.1) is 0 Å². The summed E-state index contributed by atoms with van der Waals surface area (Å²) in [5.74, 6) is -0.738. The highest BCUT2D eigenvalue weighted by molar-refractivity contribution is 5.74. The Morgan fingerprint density at radius 2 is 1.81 bits per heavy atom. The molecular formula is C18H19NO2. The molecule has 21 heavy (non-hydrogen) atoms. The van der Waals surface area contributed by atoms with Crippen LogP contribution in [-0.2, 0) is 24.3 Å². The summed E-state index contributed by atoms with van der Waals surface area (Å²) < 4.78 is 0. The van der Waals surface area contributed by atoms with Gasteiger partial charge in [0.25, 0.3) is 0 Å². The van der Waals surface area contributed by atoms with Crippen LogP contribution in [0.4, 0.5) is 0 Å². The maximum absolute atomic E-state index is 11.6. The first kappa shape index (κ1) is 13.8. The number of benzene rings is 2. The van der Waals surface area contributed by atoms with Crippen molar-refractivity contribution >= 4 is 5.97 Å². The second-order valence-corrected chi connectivity index (χ2v) is 5.66. The lowest BCUT2D eigenvalue weighted by Crippen LogP contribution is -2.45. The molecule has 1 N–H and O–H groups in total. The number of carbonyl (C=O) groups is 1. The van der Waals surface area contributed by atoms with Crippen molar-refractivity contribution in [3.63, 3.8) is 0 Å².